The molecular weight excluding hydrogens is 717 g/mol. The van der Waals surface area contributed by atoms with Crippen LogP contribution in [0.25, 0.3) is 115 Å². The molecule has 0 fully saturated rings. The lowest BCUT2D eigenvalue weighted by atomic mass is 9.97. The molecule has 0 saturated carbocycles. The summed E-state index contributed by atoms with van der Waals surface area (Å²) in [7, 11) is 0. The van der Waals surface area contributed by atoms with Gasteiger partial charge in [-0.1, -0.05) is 140 Å². The molecule has 0 bridgehead atoms. The number of rotatable bonds is 5. The largest absolute Gasteiger partial charge is 0.456 e. The summed E-state index contributed by atoms with van der Waals surface area (Å²) in [6.07, 6.45) is 0. The van der Waals surface area contributed by atoms with Gasteiger partial charge in [-0.15, -0.1) is 11.3 Å². The van der Waals surface area contributed by atoms with Crippen LogP contribution >= 0.6 is 11.3 Å². The highest BCUT2D eigenvalue weighted by Crippen LogP contribution is 2.45. The predicted octanol–water partition coefficient (Wildman–Crippen LogP) is 13.9. The van der Waals surface area contributed by atoms with Crippen molar-refractivity contribution in [1.29, 1.82) is 0 Å². The number of para-hydroxylation sites is 2. The number of nitrogens with zero attached hydrogens (tertiary/aromatic N) is 4. The first kappa shape index (κ1) is 31.9. The van der Waals surface area contributed by atoms with Crippen LogP contribution in [0.5, 0.6) is 0 Å². The van der Waals surface area contributed by atoms with Crippen LogP contribution in [0.1, 0.15) is 0 Å². The van der Waals surface area contributed by atoms with Crippen LogP contribution in [-0.4, -0.2) is 19.5 Å². The van der Waals surface area contributed by atoms with E-state index < -0.39 is 0 Å². The summed E-state index contributed by atoms with van der Waals surface area (Å²) in [5.74, 6) is 1.95. The second-order valence-electron chi connectivity index (χ2n) is 14.4. The normalized spacial score (nSPS) is 11.9. The van der Waals surface area contributed by atoms with Gasteiger partial charge in [-0.05, 0) is 48.0 Å². The lowest BCUT2D eigenvalue weighted by Crippen LogP contribution is -1.99. The zero-order chi connectivity index (χ0) is 37.5. The molecule has 5 nitrogen and oxygen atoms in total. The Morgan fingerprint density at radius 3 is 1.70 bits per heavy atom. The van der Waals surface area contributed by atoms with Crippen molar-refractivity contribution in [3.05, 3.63) is 182 Å². The fourth-order valence-corrected chi connectivity index (χ4v) is 9.74. The first-order valence-corrected chi connectivity index (χ1v) is 19.8. The van der Waals surface area contributed by atoms with E-state index in [1.165, 1.54) is 47.5 Å². The molecule has 0 N–H and O–H groups in total. The predicted molar refractivity (Wildman–Crippen MR) is 236 cm³/mol. The monoisotopic (exact) mass is 746 g/mol. The Kier molecular flexibility index (Phi) is 7.03. The lowest BCUT2D eigenvalue weighted by molar-refractivity contribution is 0.669. The number of aromatic nitrogens is 4. The van der Waals surface area contributed by atoms with Gasteiger partial charge in [0.05, 0.1) is 11.0 Å². The van der Waals surface area contributed by atoms with Gasteiger partial charge in [-0.25, -0.2) is 15.0 Å². The smallest absolute Gasteiger partial charge is 0.164 e. The fourth-order valence-electron chi connectivity index (χ4n) is 8.47. The summed E-state index contributed by atoms with van der Waals surface area (Å²) in [5.41, 5.74) is 10.4. The molecule has 0 radical (unpaired) electrons. The zero-order valence-electron chi connectivity index (χ0n) is 30.4. The van der Waals surface area contributed by atoms with Crippen LogP contribution in [0.2, 0.25) is 0 Å². The molecule has 57 heavy (non-hydrogen) atoms. The maximum absolute atomic E-state index is 6.56. The van der Waals surface area contributed by atoms with Gasteiger partial charge in [0.25, 0.3) is 0 Å². The van der Waals surface area contributed by atoms with E-state index in [0.717, 1.165) is 49.9 Å². The van der Waals surface area contributed by atoms with E-state index in [9.17, 15) is 0 Å². The van der Waals surface area contributed by atoms with Crippen molar-refractivity contribution in [3.63, 3.8) is 0 Å². The van der Waals surface area contributed by atoms with E-state index in [0.29, 0.717) is 17.5 Å². The number of benzene rings is 8. The molecule has 6 heteroatoms. The number of hydrogen-bond donors (Lipinski definition) is 0. The highest BCUT2D eigenvalue weighted by atomic mass is 32.1. The van der Waals surface area contributed by atoms with Crippen molar-refractivity contribution < 1.29 is 4.42 Å². The zero-order valence-corrected chi connectivity index (χ0v) is 31.2. The molecule has 0 aliphatic heterocycles. The highest BCUT2D eigenvalue weighted by molar-refractivity contribution is 7.26. The van der Waals surface area contributed by atoms with E-state index in [1.54, 1.807) is 0 Å². The fraction of sp³-hybridized carbons (Fsp3) is 0. The molecule has 12 rings (SSSR count). The molecule has 4 heterocycles. The molecule has 4 aromatic heterocycles. The molecule has 0 saturated heterocycles. The third-order valence-corrected chi connectivity index (χ3v) is 12.3. The van der Waals surface area contributed by atoms with Crippen molar-refractivity contribution in [2.45, 2.75) is 0 Å². The Hall–Kier alpha value is -7.41. The topological polar surface area (TPSA) is 56.7 Å². The van der Waals surface area contributed by atoms with Crippen LogP contribution in [0.4, 0.5) is 0 Å². The molecule has 0 aliphatic rings. The van der Waals surface area contributed by atoms with Crippen molar-refractivity contribution in [2.24, 2.45) is 0 Å². The van der Waals surface area contributed by atoms with Crippen molar-refractivity contribution in [2.75, 3.05) is 0 Å². The SMILES string of the molecule is c1ccc(-c2nc(-c3ccccc3)nc(-c3ccc4c(c3)sc3c(-c5cccc6oc7ccc(-n8c9ccccc9c9ccccc98)cc7c56)cccc34)n2)cc1. The summed E-state index contributed by atoms with van der Waals surface area (Å²) in [6.45, 7) is 0. The van der Waals surface area contributed by atoms with E-state index in [1.807, 2.05) is 72.0 Å². The summed E-state index contributed by atoms with van der Waals surface area (Å²) in [6, 6.07) is 63.8. The Morgan fingerprint density at radius 2 is 1.00 bits per heavy atom. The minimum absolute atomic E-state index is 0.649. The lowest BCUT2D eigenvalue weighted by Gasteiger charge is -2.09. The third kappa shape index (κ3) is 5.04. The average molecular weight is 747 g/mol. The summed E-state index contributed by atoms with van der Waals surface area (Å²) < 4.78 is 11.3. The highest BCUT2D eigenvalue weighted by Gasteiger charge is 2.20. The van der Waals surface area contributed by atoms with Crippen LogP contribution in [0.15, 0.2) is 186 Å². The summed E-state index contributed by atoms with van der Waals surface area (Å²) in [4.78, 5) is 14.9. The molecule has 0 unspecified atom stereocenters. The summed E-state index contributed by atoms with van der Waals surface area (Å²) >= 11 is 1.81. The van der Waals surface area contributed by atoms with Crippen molar-refractivity contribution >= 4 is 75.3 Å². The van der Waals surface area contributed by atoms with Gasteiger partial charge in [-0.3, -0.25) is 0 Å². The van der Waals surface area contributed by atoms with Gasteiger partial charge >= 0.3 is 0 Å². The van der Waals surface area contributed by atoms with E-state index >= 15 is 0 Å². The number of furan rings is 1. The molecule has 8 aromatic carbocycles. The maximum atomic E-state index is 6.56. The third-order valence-electron chi connectivity index (χ3n) is 11.1. The summed E-state index contributed by atoms with van der Waals surface area (Å²) in [5, 5.41) is 7.13. The average Bonchev–Trinajstić information content (AvgIpc) is 3.96. The number of fused-ring (bicyclic) bond motifs is 9. The van der Waals surface area contributed by atoms with Gasteiger partial charge in [-0.2, -0.15) is 0 Å². The minimum Gasteiger partial charge on any atom is -0.456 e. The van der Waals surface area contributed by atoms with Gasteiger partial charge in [0.15, 0.2) is 17.5 Å². The van der Waals surface area contributed by atoms with E-state index in [2.05, 4.69) is 126 Å². The minimum atomic E-state index is 0.649. The number of hydrogen-bond acceptors (Lipinski definition) is 5. The van der Waals surface area contributed by atoms with Gasteiger partial charge in [0.1, 0.15) is 11.2 Å². The number of thiophene rings is 1. The standard InChI is InChI=1S/C51H30N4OS/c1-3-13-31(14-4-1)49-52-50(32-15-5-2-6-16-32)54-51(53-49)33-25-27-37-39-20-11-21-40(48(39)57-46(37)29-33)38-19-12-24-45-47(38)41-30-34(26-28-44(41)56-45)55-42-22-9-7-17-35(42)36-18-8-10-23-43(36)55/h1-30H. The first-order chi connectivity index (χ1) is 28.2. The molecule has 0 spiro atoms. The quantitative estimate of drug-likeness (QED) is 0.176. The Labute approximate surface area is 330 Å². The Balaban J connectivity index is 1.03. The van der Waals surface area contributed by atoms with Crippen LogP contribution in [-0.2, 0) is 0 Å². The maximum Gasteiger partial charge on any atom is 0.164 e. The molecular formula is C51H30N4OS. The van der Waals surface area contributed by atoms with Crippen LogP contribution < -0.4 is 0 Å². The van der Waals surface area contributed by atoms with Crippen molar-refractivity contribution in [3.8, 4) is 51.0 Å². The molecule has 0 amide bonds. The van der Waals surface area contributed by atoms with Gasteiger partial charge in [0.2, 0.25) is 0 Å². The van der Waals surface area contributed by atoms with Gasteiger partial charge < -0.3 is 8.98 Å². The first-order valence-electron chi connectivity index (χ1n) is 19.0. The van der Waals surface area contributed by atoms with Gasteiger partial charge in [0, 0.05) is 69.7 Å². The van der Waals surface area contributed by atoms with E-state index in [-0.39, 0.29) is 0 Å². The molecule has 0 atom stereocenters. The van der Waals surface area contributed by atoms with E-state index in [4.69, 9.17) is 19.4 Å². The molecule has 266 valence electrons. The molecule has 0 aliphatic carbocycles. The van der Waals surface area contributed by atoms with Crippen LogP contribution in [0.3, 0.4) is 0 Å². The molecule has 12 aromatic rings. The van der Waals surface area contributed by atoms with Crippen LogP contribution in [0, 0.1) is 0 Å². The second kappa shape index (κ2) is 12.6. The van der Waals surface area contributed by atoms with Crippen molar-refractivity contribution in [1.82, 2.24) is 19.5 Å². The Bertz CT molecular complexity index is 3420. The second-order valence-corrected chi connectivity index (χ2v) is 15.4. The Morgan fingerprint density at radius 1 is 0.404 bits per heavy atom.